The average molecular weight is 445 g/mol. The smallest absolute Gasteiger partial charge is 0.0601 e. The molecule has 0 bridgehead atoms. The Balaban J connectivity index is 1.87. The maximum absolute atomic E-state index is 2.49. The molecule has 0 spiro atoms. The molecule has 0 N–H and O–H groups in total. The van der Waals surface area contributed by atoms with E-state index in [1.165, 1.54) is 42.2 Å². The van der Waals surface area contributed by atoms with Crippen LogP contribution >= 0.6 is 22.6 Å². The van der Waals surface area contributed by atoms with Crippen molar-refractivity contribution in [2.45, 2.75) is 0 Å². The van der Waals surface area contributed by atoms with Gasteiger partial charge in [0.2, 0.25) is 0 Å². The lowest BCUT2D eigenvalue weighted by atomic mass is 10.1. The van der Waals surface area contributed by atoms with Crippen molar-refractivity contribution >= 4 is 44.4 Å². The van der Waals surface area contributed by atoms with E-state index in [1.54, 1.807) is 0 Å². The molecular weight excluding hydrogens is 429 g/mol. The Kier molecular flexibility index (Phi) is 3.79. The Hall–Kier alpha value is -2.59. The molecule has 2 heteroatoms. The van der Waals surface area contributed by atoms with Crippen LogP contribution in [0.25, 0.3) is 38.6 Å². The van der Waals surface area contributed by atoms with E-state index in [2.05, 4.69) is 124 Å². The fourth-order valence-electron chi connectivity index (χ4n) is 3.72. The highest BCUT2D eigenvalue weighted by Crippen LogP contribution is 2.36. The summed E-state index contributed by atoms with van der Waals surface area (Å²) in [5, 5.41) is 2.59. The normalized spacial score (nSPS) is 11.3. The van der Waals surface area contributed by atoms with E-state index in [-0.39, 0.29) is 0 Å². The molecule has 0 amide bonds. The number of aromatic nitrogens is 1. The zero-order chi connectivity index (χ0) is 17.5. The van der Waals surface area contributed by atoms with Crippen LogP contribution in [0, 0.1) is 3.57 Å². The van der Waals surface area contributed by atoms with E-state index in [4.69, 9.17) is 0 Å². The molecule has 0 saturated carbocycles. The molecule has 0 aliphatic rings. The highest BCUT2D eigenvalue weighted by atomic mass is 127. The summed E-state index contributed by atoms with van der Waals surface area (Å²) in [6, 6.07) is 34.5. The monoisotopic (exact) mass is 445 g/mol. The summed E-state index contributed by atoms with van der Waals surface area (Å²) in [4.78, 5) is 0. The van der Waals surface area contributed by atoms with Gasteiger partial charge in [-0.2, -0.15) is 0 Å². The minimum absolute atomic E-state index is 1.23. The summed E-state index contributed by atoms with van der Waals surface area (Å²) < 4.78 is 3.65. The number of benzene rings is 4. The standard InChI is InChI=1S/C24H16IN/c25-24-18(17-9-2-1-3-10-17)13-8-16-23(24)26-21-14-6-4-11-19(21)20-12-5-7-15-22(20)26/h1-16H. The second-order valence-corrected chi connectivity index (χ2v) is 7.45. The summed E-state index contributed by atoms with van der Waals surface area (Å²) >= 11 is 2.49. The lowest BCUT2D eigenvalue weighted by Crippen LogP contribution is -1.98. The highest BCUT2D eigenvalue weighted by molar-refractivity contribution is 14.1. The first-order valence-corrected chi connectivity index (χ1v) is 9.75. The summed E-state index contributed by atoms with van der Waals surface area (Å²) in [7, 11) is 0. The molecule has 0 aliphatic carbocycles. The van der Waals surface area contributed by atoms with Gasteiger partial charge in [0.15, 0.2) is 0 Å². The van der Waals surface area contributed by atoms with E-state index < -0.39 is 0 Å². The van der Waals surface area contributed by atoms with Gasteiger partial charge in [0.05, 0.1) is 16.7 Å². The quantitative estimate of drug-likeness (QED) is 0.257. The van der Waals surface area contributed by atoms with E-state index in [9.17, 15) is 0 Å². The second-order valence-electron chi connectivity index (χ2n) is 6.37. The van der Waals surface area contributed by atoms with Crippen molar-refractivity contribution in [1.82, 2.24) is 4.57 Å². The van der Waals surface area contributed by atoms with Crippen LogP contribution in [0.4, 0.5) is 0 Å². The zero-order valence-corrected chi connectivity index (χ0v) is 16.2. The van der Waals surface area contributed by atoms with Crippen LogP contribution in [0.2, 0.25) is 0 Å². The number of fused-ring (bicyclic) bond motifs is 3. The number of halogens is 1. The molecule has 0 atom stereocenters. The Morgan fingerprint density at radius 2 is 1.12 bits per heavy atom. The molecule has 1 heterocycles. The topological polar surface area (TPSA) is 4.93 Å². The number of para-hydroxylation sites is 2. The molecule has 0 aliphatic heterocycles. The maximum Gasteiger partial charge on any atom is 0.0601 e. The van der Waals surface area contributed by atoms with Gasteiger partial charge in [-0.15, -0.1) is 0 Å². The first-order chi connectivity index (χ1) is 12.8. The molecule has 4 aromatic carbocycles. The number of rotatable bonds is 2. The molecular formula is C24H16IN. The number of hydrogen-bond donors (Lipinski definition) is 0. The molecule has 26 heavy (non-hydrogen) atoms. The van der Waals surface area contributed by atoms with Gasteiger partial charge in [-0.05, 0) is 51.9 Å². The summed E-state index contributed by atoms with van der Waals surface area (Å²) in [6.07, 6.45) is 0. The van der Waals surface area contributed by atoms with E-state index in [0.29, 0.717) is 0 Å². The minimum Gasteiger partial charge on any atom is -0.308 e. The van der Waals surface area contributed by atoms with Crippen LogP contribution in [-0.2, 0) is 0 Å². The van der Waals surface area contributed by atoms with Crippen molar-refractivity contribution in [3.8, 4) is 16.8 Å². The predicted molar refractivity (Wildman–Crippen MR) is 119 cm³/mol. The lowest BCUT2D eigenvalue weighted by molar-refractivity contribution is 1.17. The van der Waals surface area contributed by atoms with Crippen LogP contribution in [-0.4, -0.2) is 4.57 Å². The van der Waals surface area contributed by atoms with Crippen molar-refractivity contribution in [1.29, 1.82) is 0 Å². The van der Waals surface area contributed by atoms with Gasteiger partial charge in [-0.3, -0.25) is 0 Å². The fourth-order valence-corrected chi connectivity index (χ4v) is 4.63. The first kappa shape index (κ1) is 15.6. The fraction of sp³-hybridized carbons (Fsp3) is 0. The average Bonchev–Trinajstić information content (AvgIpc) is 3.03. The van der Waals surface area contributed by atoms with Gasteiger partial charge in [0, 0.05) is 14.3 Å². The summed E-state index contributed by atoms with van der Waals surface area (Å²) in [5.41, 5.74) is 6.24. The van der Waals surface area contributed by atoms with Gasteiger partial charge in [0.1, 0.15) is 0 Å². The third kappa shape index (κ3) is 2.36. The molecule has 124 valence electrons. The van der Waals surface area contributed by atoms with Crippen molar-refractivity contribution in [2.75, 3.05) is 0 Å². The Labute approximate surface area is 166 Å². The largest absolute Gasteiger partial charge is 0.308 e. The van der Waals surface area contributed by atoms with Crippen LogP contribution < -0.4 is 0 Å². The lowest BCUT2D eigenvalue weighted by Gasteiger charge is -2.14. The Bertz CT molecular complexity index is 1180. The maximum atomic E-state index is 2.49. The molecule has 5 rings (SSSR count). The van der Waals surface area contributed by atoms with Gasteiger partial charge in [0.25, 0.3) is 0 Å². The van der Waals surface area contributed by atoms with Gasteiger partial charge in [-0.1, -0.05) is 78.9 Å². The van der Waals surface area contributed by atoms with Crippen LogP contribution in [0.5, 0.6) is 0 Å². The molecule has 1 nitrogen and oxygen atoms in total. The molecule has 5 aromatic rings. The second kappa shape index (κ2) is 6.29. The van der Waals surface area contributed by atoms with Gasteiger partial charge in [-0.25, -0.2) is 0 Å². The first-order valence-electron chi connectivity index (χ1n) is 8.67. The third-order valence-electron chi connectivity index (χ3n) is 4.88. The molecule has 1 aromatic heterocycles. The predicted octanol–water partition coefficient (Wildman–Crippen LogP) is 7.06. The molecule has 0 fully saturated rings. The van der Waals surface area contributed by atoms with Crippen molar-refractivity contribution < 1.29 is 0 Å². The number of hydrogen-bond acceptors (Lipinski definition) is 0. The van der Waals surface area contributed by atoms with Crippen molar-refractivity contribution in [2.24, 2.45) is 0 Å². The number of nitrogens with zero attached hydrogens (tertiary/aromatic N) is 1. The van der Waals surface area contributed by atoms with Gasteiger partial charge < -0.3 is 4.57 Å². The summed E-state index contributed by atoms with van der Waals surface area (Å²) in [6.45, 7) is 0. The Morgan fingerprint density at radius 3 is 1.77 bits per heavy atom. The van der Waals surface area contributed by atoms with Crippen LogP contribution in [0.1, 0.15) is 0 Å². The molecule has 0 unspecified atom stereocenters. The molecule has 0 radical (unpaired) electrons. The van der Waals surface area contributed by atoms with Crippen LogP contribution in [0.15, 0.2) is 97.1 Å². The minimum atomic E-state index is 1.23. The van der Waals surface area contributed by atoms with Crippen molar-refractivity contribution in [3.63, 3.8) is 0 Å². The van der Waals surface area contributed by atoms with E-state index >= 15 is 0 Å². The van der Waals surface area contributed by atoms with Crippen molar-refractivity contribution in [3.05, 3.63) is 101 Å². The van der Waals surface area contributed by atoms with E-state index in [1.807, 2.05) is 0 Å². The molecule has 0 saturated heterocycles. The zero-order valence-electron chi connectivity index (χ0n) is 14.1. The van der Waals surface area contributed by atoms with E-state index in [0.717, 1.165) is 0 Å². The van der Waals surface area contributed by atoms with Gasteiger partial charge >= 0.3 is 0 Å². The SMILES string of the molecule is Ic1c(-c2ccccc2)cccc1-n1c2ccccc2c2ccccc21. The highest BCUT2D eigenvalue weighted by Gasteiger charge is 2.15. The Morgan fingerprint density at radius 1 is 0.538 bits per heavy atom. The summed E-state index contributed by atoms with van der Waals surface area (Å²) in [5.74, 6) is 0. The third-order valence-corrected chi connectivity index (χ3v) is 6.02. The van der Waals surface area contributed by atoms with Crippen LogP contribution in [0.3, 0.4) is 0 Å².